The van der Waals surface area contributed by atoms with Crippen LogP contribution in [0.2, 0.25) is 0 Å². The fraction of sp³-hybridized carbons (Fsp3) is 0.375. The summed E-state index contributed by atoms with van der Waals surface area (Å²) >= 11 is 7.30. The van der Waals surface area contributed by atoms with Crippen LogP contribution in [0.15, 0.2) is 46.3 Å². The highest BCUT2D eigenvalue weighted by molar-refractivity contribution is 9.11. The van der Waals surface area contributed by atoms with Crippen molar-refractivity contribution in [1.29, 1.82) is 0 Å². The van der Waals surface area contributed by atoms with Crippen molar-refractivity contribution in [3.05, 3.63) is 56.7 Å². The summed E-state index contributed by atoms with van der Waals surface area (Å²) in [4.78, 5) is 1.41. The van der Waals surface area contributed by atoms with Crippen LogP contribution < -0.4 is 0 Å². The summed E-state index contributed by atoms with van der Waals surface area (Å²) in [5, 5.41) is 0. The largest absolute Gasteiger partial charge is 0.245 e. The van der Waals surface area contributed by atoms with E-state index >= 15 is 0 Å². The maximum Gasteiger partial charge on any atom is 0.0701 e. The summed E-state index contributed by atoms with van der Waals surface area (Å²) in [6, 6.07) is 15.0. The molecule has 0 aliphatic rings. The molecule has 1 heterocycles. The Balaban J connectivity index is 1.93. The molecule has 108 valence electrons. The van der Waals surface area contributed by atoms with E-state index in [4.69, 9.17) is 0 Å². The van der Waals surface area contributed by atoms with Crippen LogP contribution in [0.25, 0.3) is 0 Å². The fourth-order valence-electron chi connectivity index (χ4n) is 1.92. The highest BCUT2D eigenvalue weighted by Crippen LogP contribution is 2.27. The van der Waals surface area contributed by atoms with Crippen LogP contribution in [0.3, 0.4) is 0 Å². The first-order valence-corrected chi connectivity index (χ1v) is 9.34. The minimum absolute atomic E-state index is 0.682. The van der Waals surface area contributed by atoms with Crippen molar-refractivity contribution in [2.24, 2.45) is 5.92 Å². The van der Waals surface area contributed by atoms with E-state index in [-0.39, 0.29) is 0 Å². The summed E-state index contributed by atoms with van der Waals surface area (Å²) in [5.41, 5.74) is 1.39. The fourth-order valence-corrected chi connectivity index (χ4v) is 4.66. The second-order valence-electron chi connectivity index (χ2n) is 5.18. The van der Waals surface area contributed by atoms with Crippen molar-refractivity contribution in [3.8, 4) is 0 Å². The van der Waals surface area contributed by atoms with Crippen LogP contribution >= 0.6 is 39.2 Å². The minimum Gasteiger partial charge on any atom is -0.245 e. The third-order valence-corrected chi connectivity index (χ3v) is 5.50. The molecule has 0 aliphatic carbocycles. The van der Waals surface area contributed by atoms with Gasteiger partial charge in [-0.2, -0.15) is 0 Å². The Morgan fingerprint density at radius 1 is 1.15 bits per heavy atom. The maximum atomic E-state index is 3.54. The van der Waals surface area contributed by atoms with E-state index in [0.717, 1.165) is 18.8 Å². The molecule has 4 heteroatoms. The normalized spacial score (nSPS) is 11.4. The van der Waals surface area contributed by atoms with Gasteiger partial charge in [0, 0.05) is 23.7 Å². The molecule has 1 nitrogen and oxygen atoms in total. The molecular formula is C16H20BrNS2. The van der Waals surface area contributed by atoms with Crippen LogP contribution in [0.1, 0.15) is 24.3 Å². The Morgan fingerprint density at radius 3 is 2.50 bits per heavy atom. The smallest absolute Gasteiger partial charge is 0.0701 e. The molecular weight excluding hydrogens is 350 g/mol. The summed E-state index contributed by atoms with van der Waals surface area (Å²) in [6.07, 6.45) is 0. The highest BCUT2D eigenvalue weighted by atomic mass is 79.9. The van der Waals surface area contributed by atoms with Gasteiger partial charge in [0.2, 0.25) is 0 Å². The van der Waals surface area contributed by atoms with E-state index in [2.05, 4.69) is 76.5 Å². The van der Waals surface area contributed by atoms with E-state index in [1.807, 2.05) is 23.3 Å². The van der Waals surface area contributed by atoms with Gasteiger partial charge in [-0.25, -0.2) is 4.31 Å². The number of benzene rings is 1. The van der Waals surface area contributed by atoms with Gasteiger partial charge in [-0.3, -0.25) is 0 Å². The lowest BCUT2D eigenvalue weighted by Crippen LogP contribution is -2.20. The van der Waals surface area contributed by atoms with Gasteiger partial charge in [0.05, 0.1) is 3.79 Å². The van der Waals surface area contributed by atoms with E-state index in [1.54, 1.807) is 0 Å². The van der Waals surface area contributed by atoms with Crippen molar-refractivity contribution in [3.63, 3.8) is 0 Å². The molecule has 2 aromatic rings. The molecule has 0 unspecified atom stereocenters. The lowest BCUT2D eigenvalue weighted by atomic mass is 10.2. The van der Waals surface area contributed by atoms with Crippen molar-refractivity contribution in [1.82, 2.24) is 4.31 Å². The van der Waals surface area contributed by atoms with Crippen molar-refractivity contribution in [2.75, 3.05) is 6.54 Å². The zero-order chi connectivity index (χ0) is 14.4. The molecule has 0 amide bonds. The predicted octanol–water partition coefficient (Wildman–Crippen LogP) is 5.82. The van der Waals surface area contributed by atoms with Gasteiger partial charge in [-0.05, 0) is 39.5 Å². The standard InChI is InChI=1S/C16H20BrNS2/c1-13(2)10-18(11-15-8-9-16(17)20-15)19-12-14-6-4-3-5-7-14/h3-9,13H,10-12H2,1-2H3. The van der Waals surface area contributed by atoms with E-state index in [0.29, 0.717) is 5.92 Å². The molecule has 2 rings (SSSR count). The lowest BCUT2D eigenvalue weighted by molar-refractivity contribution is 0.404. The SMILES string of the molecule is CC(C)CN(Cc1ccc(Br)s1)SCc1ccccc1. The number of nitrogens with zero attached hydrogens (tertiary/aromatic N) is 1. The van der Waals surface area contributed by atoms with Crippen LogP contribution in [0.5, 0.6) is 0 Å². The summed E-state index contributed by atoms with van der Waals surface area (Å²) in [6.45, 7) is 6.69. The second kappa shape index (κ2) is 8.23. The molecule has 1 aromatic heterocycles. The van der Waals surface area contributed by atoms with E-state index < -0.39 is 0 Å². The Hall–Kier alpha value is -0.290. The Labute approximate surface area is 138 Å². The summed E-state index contributed by atoms with van der Waals surface area (Å²) in [5.74, 6) is 1.72. The zero-order valence-corrected chi connectivity index (χ0v) is 15.1. The highest BCUT2D eigenvalue weighted by Gasteiger charge is 2.10. The molecule has 0 aliphatic heterocycles. The van der Waals surface area contributed by atoms with Gasteiger partial charge < -0.3 is 0 Å². The number of hydrogen-bond donors (Lipinski definition) is 0. The van der Waals surface area contributed by atoms with Crippen LogP contribution in [0, 0.1) is 5.92 Å². The molecule has 0 N–H and O–H groups in total. The average Bonchev–Trinajstić information content (AvgIpc) is 2.82. The third kappa shape index (κ3) is 5.60. The number of thiophene rings is 1. The first kappa shape index (κ1) is 16.1. The van der Waals surface area contributed by atoms with Crippen molar-refractivity contribution >= 4 is 39.2 Å². The van der Waals surface area contributed by atoms with Gasteiger partial charge in [0.15, 0.2) is 0 Å². The summed E-state index contributed by atoms with van der Waals surface area (Å²) < 4.78 is 3.70. The minimum atomic E-state index is 0.682. The maximum absolute atomic E-state index is 3.54. The van der Waals surface area contributed by atoms with Gasteiger partial charge >= 0.3 is 0 Å². The van der Waals surface area contributed by atoms with Crippen LogP contribution in [0.4, 0.5) is 0 Å². The predicted molar refractivity (Wildman–Crippen MR) is 95.0 cm³/mol. The Morgan fingerprint density at radius 2 is 1.90 bits per heavy atom. The molecule has 0 spiro atoms. The molecule has 0 fully saturated rings. The average molecular weight is 370 g/mol. The van der Waals surface area contributed by atoms with Crippen LogP contribution in [-0.2, 0) is 12.3 Å². The first-order chi connectivity index (χ1) is 9.63. The Kier molecular flexibility index (Phi) is 6.62. The number of rotatable bonds is 7. The van der Waals surface area contributed by atoms with Gasteiger partial charge in [0.25, 0.3) is 0 Å². The van der Waals surface area contributed by atoms with Gasteiger partial charge in [-0.15, -0.1) is 11.3 Å². The molecule has 0 radical (unpaired) electrons. The zero-order valence-electron chi connectivity index (χ0n) is 11.9. The van der Waals surface area contributed by atoms with Crippen molar-refractivity contribution < 1.29 is 0 Å². The van der Waals surface area contributed by atoms with Crippen molar-refractivity contribution in [2.45, 2.75) is 26.1 Å². The number of hydrogen-bond acceptors (Lipinski definition) is 3. The summed E-state index contributed by atoms with van der Waals surface area (Å²) in [7, 11) is 0. The molecule has 1 aromatic carbocycles. The molecule has 0 saturated heterocycles. The van der Waals surface area contributed by atoms with Crippen LogP contribution in [-0.4, -0.2) is 10.8 Å². The van der Waals surface area contributed by atoms with E-state index in [9.17, 15) is 0 Å². The molecule has 0 saturated carbocycles. The molecule has 0 atom stereocenters. The second-order valence-corrected chi connectivity index (χ2v) is 8.79. The van der Waals surface area contributed by atoms with Gasteiger partial charge in [-0.1, -0.05) is 56.1 Å². The topological polar surface area (TPSA) is 3.24 Å². The third-order valence-electron chi connectivity index (χ3n) is 2.79. The van der Waals surface area contributed by atoms with Gasteiger partial charge in [0.1, 0.15) is 0 Å². The quantitative estimate of drug-likeness (QED) is 0.565. The lowest BCUT2D eigenvalue weighted by Gasteiger charge is -2.22. The first-order valence-electron chi connectivity index (χ1n) is 6.79. The molecule has 20 heavy (non-hydrogen) atoms. The van der Waals surface area contributed by atoms with E-state index in [1.165, 1.54) is 14.2 Å². The molecule has 0 bridgehead atoms. The Bertz CT molecular complexity index is 510. The monoisotopic (exact) mass is 369 g/mol. The number of halogens is 1.